The number of benzene rings is 3. The molecule has 3 aromatic rings. The van der Waals surface area contributed by atoms with E-state index in [-0.39, 0.29) is 12.0 Å². The molecule has 1 unspecified atom stereocenters. The van der Waals surface area contributed by atoms with E-state index in [2.05, 4.69) is 87.0 Å². The van der Waals surface area contributed by atoms with E-state index in [4.69, 9.17) is 9.73 Å². The molecule has 1 atom stereocenters. The Balaban J connectivity index is 1.69. The molecule has 0 saturated heterocycles. The number of nitrogens with zero attached hydrogens (tertiary/aromatic N) is 3. The van der Waals surface area contributed by atoms with E-state index in [1.807, 2.05) is 12.3 Å². The zero-order chi connectivity index (χ0) is 23.4. The molecule has 2 heterocycles. The summed E-state index contributed by atoms with van der Waals surface area (Å²) in [7, 11) is 2.07. The number of fused-ring (bicyclic) bond motifs is 4. The van der Waals surface area contributed by atoms with E-state index in [0.29, 0.717) is 0 Å². The van der Waals surface area contributed by atoms with E-state index >= 15 is 0 Å². The fourth-order valence-electron chi connectivity index (χ4n) is 5.46. The number of likely N-dealkylation sites (N-methyl/N-ethyl adjacent to an activating group) is 1. The van der Waals surface area contributed by atoms with Crippen LogP contribution in [0.4, 0.5) is 11.4 Å². The summed E-state index contributed by atoms with van der Waals surface area (Å²) in [5, 5.41) is 12.0. The minimum Gasteiger partial charge on any atom is -0.459 e. The van der Waals surface area contributed by atoms with Crippen LogP contribution in [0.2, 0.25) is 0 Å². The lowest BCUT2D eigenvalue weighted by Gasteiger charge is -2.45. The molecule has 0 aliphatic carbocycles. The fourth-order valence-corrected chi connectivity index (χ4v) is 5.46. The van der Waals surface area contributed by atoms with Gasteiger partial charge in [0.25, 0.3) is 0 Å². The predicted molar refractivity (Wildman–Crippen MR) is 136 cm³/mol. The molecule has 0 aromatic heterocycles. The molecule has 172 valence electrons. The summed E-state index contributed by atoms with van der Waals surface area (Å²) in [6, 6.07) is 16.9. The Kier molecular flexibility index (Phi) is 5.22. The summed E-state index contributed by atoms with van der Waals surface area (Å²) in [6.45, 7) is 11.6. The summed E-state index contributed by atoms with van der Waals surface area (Å²) < 4.78 is 7.08. The van der Waals surface area contributed by atoms with Gasteiger partial charge in [0.2, 0.25) is 5.72 Å². The standard InChI is InChI=1S/C28H33N3O2/c1-6-31(7-2)16-21-15-20-10-8-9-11-22(20)25-26(21)33-28(18-29-25)27(3,4)23-13-12-19(17-32)14-24(23)30(28)5/h8-15,18,32H,6-7,16-17H2,1-5H3. The van der Waals surface area contributed by atoms with Crippen LogP contribution in [0.15, 0.2) is 53.5 Å². The normalized spacial score (nSPS) is 20.4. The maximum atomic E-state index is 9.70. The average molecular weight is 444 g/mol. The Hall–Kier alpha value is -2.89. The lowest BCUT2D eigenvalue weighted by atomic mass is 9.77. The van der Waals surface area contributed by atoms with Crippen LogP contribution in [0.3, 0.4) is 0 Å². The highest BCUT2D eigenvalue weighted by Gasteiger charge is 2.58. The lowest BCUT2D eigenvalue weighted by Crippen LogP contribution is -2.61. The second-order valence-electron chi connectivity index (χ2n) is 9.65. The van der Waals surface area contributed by atoms with Gasteiger partial charge in [0.05, 0.1) is 18.2 Å². The van der Waals surface area contributed by atoms with Crippen LogP contribution in [-0.2, 0) is 18.6 Å². The summed E-state index contributed by atoms with van der Waals surface area (Å²) in [5.41, 5.74) is 4.16. The molecule has 5 nitrogen and oxygen atoms in total. The van der Waals surface area contributed by atoms with Gasteiger partial charge in [-0.15, -0.1) is 0 Å². The van der Waals surface area contributed by atoms with Crippen molar-refractivity contribution >= 4 is 28.4 Å². The van der Waals surface area contributed by atoms with E-state index in [9.17, 15) is 5.11 Å². The Morgan fingerprint density at radius 1 is 1.06 bits per heavy atom. The molecule has 33 heavy (non-hydrogen) atoms. The van der Waals surface area contributed by atoms with Gasteiger partial charge in [0.15, 0.2) is 5.75 Å². The SMILES string of the molecule is CCN(CC)Cc1cc2ccccc2c2c1OC1(C=N2)N(C)c2cc(CO)ccc2C1(C)C. The largest absolute Gasteiger partial charge is 0.459 e. The third-order valence-corrected chi connectivity index (χ3v) is 7.64. The molecule has 2 aliphatic rings. The minimum atomic E-state index is -0.753. The van der Waals surface area contributed by atoms with Crippen LogP contribution in [0.5, 0.6) is 5.75 Å². The third kappa shape index (κ3) is 3.10. The van der Waals surface area contributed by atoms with Crippen molar-refractivity contribution in [3.63, 3.8) is 0 Å². The van der Waals surface area contributed by atoms with Crippen molar-refractivity contribution < 1.29 is 9.84 Å². The van der Waals surface area contributed by atoms with Crippen molar-refractivity contribution in [2.24, 2.45) is 4.99 Å². The second-order valence-corrected chi connectivity index (χ2v) is 9.65. The van der Waals surface area contributed by atoms with Gasteiger partial charge in [-0.2, -0.15) is 0 Å². The Morgan fingerprint density at radius 2 is 1.82 bits per heavy atom. The van der Waals surface area contributed by atoms with Gasteiger partial charge in [-0.25, -0.2) is 0 Å². The van der Waals surface area contributed by atoms with Gasteiger partial charge in [0, 0.05) is 30.2 Å². The lowest BCUT2D eigenvalue weighted by molar-refractivity contribution is 0.0804. The highest BCUT2D eigenvalue weighted by molar-refractivity contribution is 6.00. The maximum Gasteiger partial charge on any atom is 0.228 e. The van der Waals surface area contributed by atoms with E-state index < -0.39 is 5.72 Å². The Labute approximate surface area is 196 Å². The van der Waals surface area contributed by atoms with Crippen LogP contribution in [-0.4, -0.2) is 42.1 Å². The number of hydrogen-bond acceptors (Lipinski definition) is 5. The van der Waals surface area contributed by atoms with Gasteiger partial charge in [0.1, 0.15) is 5.69 Å². The van der Waals surface area contributed by atoms with Crippen molar-refractivity contribution in [1.82, 2.24) is 4.90 Å². The van der Waals surface area contributed by atoms with Crippen molar-refractivity contribution in [2.45, 2.75) is 52.0 Å². The predicted octanol–water partition coefficient (Wildman–Crippen LogP) is 5.39. The zero-order valence-corrected chi connectivity index (χ0v) is 20.2. The molecule has 0 fully saturated rings. The van der Waals surface area contributed by atoms with Gasteiger partial charge < -0.3 is 14.7 Å². The van der Waals surface area contributed by atoms with Gasteiger partial charge in [-0.05, 0) is 55.6 Å². The number of aliphatic hydroxyl groups is 1. The minimum absolute atomic E-state index is 0.0202. The first-order valence-electron chi connectivity index (χ1n) is 11.9. The summed E-state index contributed by atoms with van der Waals surface area (Å²) in [6.07, 6.45) is 1.99. The highest BCUT2D eigenvalue weighted by Crippen LogP contribution is 2.55. The molecule has 0 bridgehead atoms. The van der Waals surface area contributed by atoms with Gasteiger partial charge in [-0.3, -0.25) is 9.89 Å². The van der Waals surface area contributed by atoms with Gasteiger partial charge in [-0.1, -0.05) is 50.2 Å². The first kappa shape index (κ1) is 21.9. The van der Waals surface area contributed by atoms with Crippen molar-refractivity contribution in [1.29, 1.82) is 0 Å². The number of anilines is 1. The highest BCUT2D eigenvalue weighted by atomic mass is 16.5. The monoisotopic (exact) mass is 443 g/mol. The summed E-state index contributed by atoms with van der Waals surface area (Å²) >= 11 is 0. The molecule has 1 spiro atoms. The molecular formula is C28H33N3O2. The third-order valence-electron chi connectivity index (χ3n) is 7.64. The van der Waals surface area contributed by atoms with Crippen LogP contribution >= 0.6 is 0 Å². The summed E-state index contributed by atoms with van der Waals surface area (Å²) in [4.78, 5) is 9.68. The molecular weight excluding hydrogens is 410 g/mol. The zero-order valence-electron chi connectivity index (χ0n) is 20.2. The van der Waals surface area contributed by atoms with Crippen molar-refractivity contribution in [3.05, 3.63) is 65.2 Å². The molecule has 0 amide bonds. The number of ether oxygens (including phenoxy) is 1. The van der Waals surface area contributed by atoms with Crippen molar-refractivity contribution in [2.75, 3.05) is 25.0 Å². The molecule has 5 heteroatoms. The first-order chi connectivity index (χ1) is 15.9. The van der Waals surface area contributed by atoms with E-state index in [1.54, 1.807) is 0 Å². The Bertz CT molecular complexity index is 1250. The van der Waals surface area contributed by atoms with Gasteiger partial charge >= 0.3 is 0 Å². The second kappa shape index (κ2) is 7.86. The molecule has 0 radical (unpaired) electrons. The quantitative estimate of drug-likeness (QED) is 0.574. The summed E-state index contributed by atoms with van der Waals surface area (Å²) in [5.74, 6) is 0.873. The van der Waals surface area contributed by atoms with Crippen molar-refractivity contribution in [3.8, 4) is 5.75 Å². The van der Waals surface area contributed by atoms with Crippen LogP contribution < -0.4 is 9.64 Å². The molecule has 0 saturated carbocycles. The molecule has 1 N–H and O–H groups in total. The van der Waals surface area contributed by atoms with E-state index in [1.165, 1.54) is 16.5 Å². The van der Waals surface area contributed by atoms with Crippen LogP contribution in [0, 0.1) is 0 Å². The topological polar surface area (TPSA) is 48.3 Å². The fraction of sp³-hybridized carbons (Fsp3) is 0.393. The van der Waals surface area contributed by atoms with Crippen LogP contribution in [0.25, 0.3) is 10.8 Å². The average Bonchev–Trinajstić information content (AvgIpc) is 3.00. The molecule has 2 aliphatic heterocycles. The number of aliphatic imine (C=N–C) groups is 1. The number of hydrogen-bond donors (Lipinski definition) is 1. The Morgan fingerprint density at radius 3 is 2.55 bits per heavy atom. The molecule has 3 aromatic carbocycles. The maximum absolute atomic E-state index is 9.70. The van der Waals surface area contributed by atoms with E-state index in [0.717, 1.165) is 47.7 Å². The molecule has 5 rings (SSSR count). The number of aliphatic hydroxyl groups excluding tert-OH is 1. The van der Waals surface area contributed by atoms with Crippen LogP contribution in [0.1, 0.15) is 44.4 Å². The smallest absolute Gasteiger partial charge is 0.228 e. The number of rotatable bonds is 5. The first-order valence-corrected chi connectivity index (χ1v) is 11.9.